The van der Waals surface area contributed by atoms with Crippen LogP contribution in [0.25, 0.3) is 0 Å². The zero-order valence-electron chi connectivity index (χ0n) is 13.2. The van der Waals surface area contributed by atoms with Gasteiger partial charge in [-0.05, 0) is 24.5 Å². The summed E-state index contributed by atoms with van der Waals surface area (Å²) in [5.74, 6) is 0.0103. The van der Waals surface area contributed by atoms with E-state index in [9.17, 15) is 9.59 Å². The molecule has 6 heteroatoms. The first kappa shape index (κ1) is 16.3. The molecule has 0 radical (unpaired) electrons. The van der Waals surface area contributed by atoms with E-state index in [2.05, 4.69) is 5.32 Å². The highest BCUT2D eigenvalue weighted by Crippen LogP contribution is 2.39. The lowest BCUT2D eigenvalue weighted by Crippen LogP contribution is -2.51. The molecule has 124 valence electrons. The van der Waals surface area contributed by atoms with Gasteiger partial charge in [-0.2, -0.15) is 0 Å². The van der Waals surface area contributed by atoms with E-state index in [1.54, 1.807) is 11.9 Å². The number of ether oxygens (including phenoxy) is 1. The van der Waals surface area contributed by atoms with Crippen LogP contribution in [0.5, 0.6) is 0 Å². The molecule has 23 heavy (non-hydrogen) atoms. The number of likely N-dealkylation sites (tertiary alicyclic amines) is 1. The van der Waals surface area contributed by atoms with Crippen LogP contribution in [0.15, 0.2) is 24.3 Å². The van der Waals surface area contributed by atoms with Crippen molar-refractivity contribution in [1.29, 1.82) is 0 Å². The molecule has 0 saturated carbocycles. The number of hydrogen-bond acceptors (Lipinski definition) is 3. The Morgan fingerprint density at radius 2 is 2.04 bits per heavy atom. The quantitative estimate of drug-likeness (QED) is 0.914. The third-order valence-corrected chi connectivity index (χ3v) is 5.18. The lowest BCUT2D eigenvalue weighted by molar-refractivity contribution is -0.131. The Kier molecular flexibility index (Phi) is 4.60. The predicted octanol–water partition coefficient (Wildman–Crippen LogP) is 1.74. The normalized spacial score (nSPS) is 23.8. The van der Waals surface area contributed by atoms with Gasteiger partial charge in [0, 0.05) is 38.2 Å². The van der Waals surface area contributed by atoms with Crippen LogP contribution in [0.4, 0.5) is 0 Å². The summed E-state index contributed by atoms with van der Waals surface area (Å²) in [6.07, 6.45) is 1.55. The highest BCUT2D eigenvalue weighted by atomic mass is 35.5. The monoisotopic (exact) mass is 336 g/mol. The molecule has 0 unspecified atom stereocenters. The van der Waals surface area contributed by atoms with Crippen LogP contribution in [0.2, 0.25) is 5.02 Å². The van der Waals surface area contributed by atoms with Crippen molar-refractivity contribution in [3.8, 4) is 0 Å². The van der Waals surface area contributed by atoms with Gasteiger partial charge in [0.25, 0.3) is 0 Å². The molecule has 1 N–H and O–H groups in total. The zero-order valence-corrected chi connectivity index (χ0v) is 13.9. The lowest BCUT2D eigenvalue weighted by atomic mass is 9.73. The lowest BCUT2D eigenvalue weighted by Gasteiger charge is -2.37. The molecule has 1 aromatic rings. The van der Waals surface area contributed by atoms with Crippen molar-refractivity contribution in [3.63, 3.8) is 0 Å². The predicted molar refractivity (Wildman–Crippen MR) is 87.4 cm³/mol. The first-order chi connectivity index (χ1) is 11.0. The SMILES string of the molecule is CN1C[C@H](NC(=O)C2(c3ccccc3Cl)CCOCC2)CC1=O. The molecule has 2 amide bonds. The Labute approximate surface area is 140 Å². The maximum atomic E-state index is 13.1. The summed E-state index contributed by atoms with van der Waals surface area (Å²) >= 11 is 6.37. The Hall–Kier alpha value is -1.59. The Bertz CT molecular complexity index is 614. The summed E-state index contributed by atoms with van der Waals surface area (Å²) in [5.41, 5.74) is 0.168. The molecule has 3 rings (SSSR count). The summed E-state index contributed by atoms with van der Waals surface area (Å²) in [7, 11) is 1.76. The van der Waals surface area contributed by atoms with Crippen LogP contribution >= 0.6 is 11.6 Å². The Morgan fingerprint density at radius 1 is 1.35 bits per heavy atom. The molecule has 0 aliphatic carbocycles. The fourth-order valence-corrected chi connectivity index (χ4v) is 3.79. The summed E-state index contributed by atoms with van der Waals surface area (Å²) < 4.78 is 5.45. The molecular weight excluding hydrogens is 316 g/mol. The average molecular weight is 337 g/mol. The van der Waals surface area contributed by atoms with Crippen molar-refractivity contribution in [2.75, 3.05) is 26.8 Å². The molecule has 2 aliphatic heterocycles. The van der Waals surface area contributed by atoms with E-state index < -0.39 is 5.41 Å². The molecule has 1 aromatic carbocycles. The largest absolute Gasteiger partial charge is 0.381 e. The highest BCUT2D eigenvalue weighted by Gasteiger charge is 2.44. The minimum absolute atomic E-state index is 0.0537. The standard InChI is InChI=1S/C17H21ClN2O3/c1-20-11-12(10-15(20)21)19-16(22)17(6-8-23-9-7-17)13-4-2-3-5-14(13)18/h2-5,12H,6-11H2,1H3,(H,19,22)/t12-/m1/s1. The third-order valence-electron chi connectivity index (χ3n) is 4.85. The van der Waals surface area contributed by atoms with Gasteiger partial charge in [-0.25, -0.2) is 0 Å². The van der Waals surface area contributed by atoms with Crippen molar-refractivity contribution in [1.82, 2.24) is 10.2 Å². The van der Waals surface area contributed by atoms with Crippen LogP contribution in [-0.2, 0) is 19.7 Å². The second-order valence-corrected chi connectivity index (χ2v) is 6.73. The summed E-state index contributed by atoms with van der Waals surface area (Å²) in [6, 6.07) is 7.36. The summed E-state index contributed by atoms with van der Waals surface area (Å²) in [5, 5.41) is 3.66. The average Bonchev–Trinajstić information content (AvgIpc) is 2.86. The van der Waals surface area contributed by atoms with E-state index in [0.29, 0.717) is 44.0 Å². The van der Waals surface area contributed by atoms with Gasteiger partial charge in [-0.3, -0.25) is 9.59 Å². The number of halogens is 1. The van der Waals surface area contributed by atoms with E-state index in [1.807, 2.05) is 24.3 Å². The molecule has 0 spiro atoms. The van der Waals surface area contributed by atoms with E-state index in [1.165, 1.54) is 0 Å². The van der Waals surface area contributed by atoms with Crippen molar-refractivity contribution >= 4 is 23.4 Å². The van der Waals surface area contributed by atoms with E-state index in [-0.39, 0.29) is 17.9 Å². The topological polar surface area (TPSA) is 58.6 Å². The molecule has 2 fully saturated rings. The molecule has 2 aliphatic rings. The first-order valence-electron chi connectivity index (χ1n) is 7.90. The van der Waals surface area contributed by atoms with Crippen LogP contribution in [0, 0.1) is 0 Å². The number of hydrogen-bond donors (Lipinski definition) is 1. The van der Waals surface area contributed by atoms with Crippen molar-refractivity contribution in [2.24, 2.45) is 0 Å². The van der Waals surface area contributed by atoms with Crippen LogP contribution in [0.1, 0.15) is 24.8 Å². The van der Waals surface area contributed by atoms with E-state index in [0.717, 1.165) is 5.56 Å². The fourth-order valence-electron chi connectivity index (χ4n) is 3.47. The van der Waals surface area contributed by atoms with Crippen LogP contribution in [0.3, 0.4) is 0 Å². The van der Waals surface area contributed by atoms with E-state index >= 15 is 0 Å². The van der Waals surface area contributed by atoms with Crippen molar-refractivity contribution in [2.45, 2.75) is 30.7 Å². The van der Waals surface area contributed by atoms with Gasteiger partial charge in [0.2, 0.25) is 11.8 Å². The second kappa shape index (κ2) is 6.49. The Balaban J connectivity index is 1.86. The minimum Gasteiger partial charge on any atom is -0.381 e. The number of benzene rings is 1. The summed E-state index contributed by atoms with van der Waals surface area (Å²) in [4.78, 5) is 26.4. The Morgan fingerprint density at radius 3 is 2.65 bits per heavy atom. The van der Waals surface area contributed by atoms with Gasteiger partial charge in [-0.15, -0.1) is 0 Å². The number of carbonyl (C=O) groups excluding carboxylic acids is 2. The molecule has 2 saturated heterocycles. The van der Waals surface area contributed by atoms with Gasteiger partial charge in [0.15, 0.2) is 0 Å². The van der Waals surface area contributed by atoms with Crippen molar-refractivity contribution < 1.29 is 14.3 Å². The van der Waals surface area contributed by atoms with Crippen molar-refractivity contribution in [3.05, 3.63) is 34.9 Å². The number of nitrogens with one attached hydrogen (secondary N) is 1. The number of carbonyl (C=O) groups is 2. The molecule has 2 heterocycles. The highest BCUT2D eigenvalue weighted by molar-refractivity contribution is 6.31. The van der Waals surface area contributed by atoms with Gasteiger partial charge in [0.1, 0.15) is 0 Å². The number of rotatable bonds is 3. The molecule has 1 atom stereocenters. The maximum absolute atomic E-state index is 13.1. The molecule has 5 nitrogen and oxygen atoms in total. The van der Waals surface area contributed by atoms with Gasteiger partial charge in [-0.1, -0.05) is 29.8 Å². The molecular formula is C17H21ClN2O3. The smallest absolute Gasteiger partial charge is 0.231 e. The number of amides is 2. The second-order valence-electron chi connectivity index (χ2n) is 6.32. The van der Waals surface area contributed by atoms with Gasteiger partial charge < -0.3 is 15.0 Å². The maximum Gasteiger partial charge on any atom is 0.231 e. The molecule has 0 bridgehead atoms. The fraction of sp³-hybridized carbons (Fsp3) is 0.529. The minimum atomic E-state index is -0.680. The van der Waals surface area contributed by atoms with E-state index in [4.69, 9.17) is 16.3 Å². The number of nitrogens with zero attached hydrogens (tertiary/aromatic N) is 1. The van der Waals surface area contributed by atoms with Gasteiger partial charge in [0.05, 0.1) is 11.5 Å². The van der Waals surface area contributed by atoms with Gasteiger partial charge >= 0.3 is 0 Å². The zero-order chi connectivity index (χ0) is 16.4. The van der Waals surface area contributed by atoms with Crippen LogP contribution in [-0.4, -0.2) is 49.6 Å². The first-order valence-corrected chi connectivity index (χ1v) is 8.28. The molecule has 0 aromatic heterocycles. The summed E-state index contributed by atoms with van der Waals surface area (Å²) in [6.45, 7) is 1.62. The number of likely N-dealkylation sites (N-methyl/N-ethyl adjacent to an activating group) is 1. The third kappa shape index (κ3) is 3.08. The van der Waals surface area contributed by atoms with Crippen LogP contribution < -0.4 is 5.32 Å².